The van der Waals surface area contributed by atoms with Crippen LogP contribution in [0.1, 0.15) is 52.6 Å². The number of allylic oxidation sites excluding steroid dienone is 2. The number of carbonyl (C=O) groups is 3. The maximum absolute atomic E-state index is 13.6. The Bertz CT molecular complexity index is 1320. The van der Waals surface area contributed by atoms with Crippen LogP contribution < -0.4 is 4.90 Å². The predicted octanol–water partition coefficient (Wildman–Crippen LogP) is 5.35. The fraction of sp³-hybridized carbons (Fsp3) is 0.185. The number of benzene rings is 2. The minimum atomic E-state index is -1.18. The van der Waals surface area contributed by atoms with Crippen LogP contribution in [0.25, 0.3) is 0 Å². The average Bonchev–Trinajstić information content (AvgIpc) is 2.85. The van der Waals surface area contributed by atoms with E-state index in [4.69, 9.17) is 11.6 Å². The van der Waals surface area contributed by atoms with Crippen LogP contribution in [-0.4, -0.2) is 27.8 Å². The highest BCUT2D eigenvalue weighted by Gasteiger charge is 2.42. The van der Waals surface area contributed by atoms with E-state index < -0.39 is 5.97 Å². The van der Waals surface area contributed by atoms with Gasteiger partial charge in [0.1, 0.15) is 0 Å². The average molecular weight is 473 g/mol. The van der Waals surface area contributed by atoms with Crippen LogP contribution >= 0.6 is 11.6 Å². The number of carboxylic acids is 1. The number of aromatic carboxylic acids is 1. The molecule has 1 amide bonds. The van der Waals surface area contributed by atoms with Crippen LogP contribution in [0.4, 0.5) is 5.69 Å². The molecule has 0 saturated carbocycles. The standard InChI is InChI=1S/C27H21ClN2O4/c28-22-9-8-19(13-21(22)27(33)34)30-23-11-18(16-5-2-1-3-6-16)12-24(31)26(23)20(14-25(30)32)17-7-4-10-29-15-17/h1-10,13,15,18,20H,11-12,14H2,(H,33,34). The summed E-state index contributed by atoms with van der Waals surface area (Å²) in [5.41, 5.74) is 3.37. The number of carbonyl (C=O) groups excluding carboxylic acids is 2. The van der Waals surface area contributed by atoms with Crippen LogP contribution in [0.5, 0.6) is 0 Å². The zero-order valence-electron chi connectivity index (χ0n) is 18.1. The Labute approximate surface area is 201 Å². The van der Waals surface area contributed by atoms with E-state index >= 15 is 0 Å². The number of hydrogen-bond donors (Lipinski definition) is 1. The fourth-order valence-corrected chi connectivity index (χ4v) is 5.18. The molecule has 0 spiro atoms. The molecular formula is C27H21ClN2O4. The zero-order chi connectivity index (χ0) is 23.8. The summed E-state index contributed by atoms with van der Waals surface area (Å²) < 4.78 is 0. The molecule has 7 heteroatoms. The molecule has 170 valence electrons. The van der Waals surface area contributed by atoms with Gasteiger partial charge in [0.05, 0.1) is 10.6 Å². The van der Waals surface area contributed by atoms with E-state index in [0.29, 0.717) is 29.8 Å². The first-order chi connectivity index (χ1) is 16.4. The van der Waals surface area contributed by atoms with Crippen molar-refractivity contribution < 1.29 is 19.5 Å². The van der Waals surface area contributed by atoms with Gasteiger partial charge in [0.15, 0.2) is 5.78 Å². The molecule has 1 aliphatic carbocycles. The number of carboxylic acid groups (broad SMARTS) is 1. The molecule has 2 atom stereocenters. The lowest BCUT2D eigenvalue weighted by Gasteiger charge is -2.40. The number of nitrogens with zero attached hydrogens (tertiary/aromatic N) is 2. The Balaban J connectivity index is 1.67. The fourth-order valence-electron chi connectivity index (χ4n) is 4.98. The maximum atomic E-state index is 13.6. The third kappa shape index (κ3) is 3.90. The normalized spacial score (nSPS) is 20.3. The highest BCUT2D eigenvalue weighted by molar-refractivity contribution is 6.33. The number of aromatic nitrogens is 1. The molecule has 0 saturated heterocycles. The largest absolute Gasteiger partial charge is 0.478 e. The van der Waals surface area contributed by atoms with Gasteiger partial charge in [-0.05, 0) is 47.7 Å². The molecule has 2 unspecified atom stereocenters. The number of ketones is 1. The van der Waals surface area contributed by atoms with Crippen molar-refractivity contribution in [2.24, 2.45) is 0 Å². The van der Waals surface area contributed by atoms with Gasteiger partial charge >= 0.3 is 5.97 Å². The number of rotatable bonds is 4. The smallest absolute Gasteiger partial charge is 0.337 e. The number of halogens is 1. The zero-order valence-corrected chi connectivity index (χ0v) is 18.9. The third-order valence-electron chi connectivity index (χ3n) is 6.53. The second-order valence-corrected chi connectivity index (χ2v) is 8.95. The molecule has 0 radical (unpaired) electrons. The van der Waals surface area contributed by atoms with Crippen LogP contribution in [0, 0.1) is 0 Å². The molecule has 6 nitrogen and oxygen atoms in total. The first-order valence-corrected chi connectivity index (χ1v) is 11.4. The Kier molecular flexibility index (Phi) is 5.75. The van der Waals surface area contributed by atoms with E-state index in [1.54, 1.807) is 24.5 Å². The summed E-state index contributed by atoms with van der Waals surface area (Å²) >= 11 is 6.08. The number of amides is 1. The van der Waals surface area contributed by atoms with Crippen molar-refractivity contribution in [3.63, 3.8) is 0 Å². The highest BCUT2D eigenvalue weighted by Crippen LogP contribution is 2.47. The number of pyridine rings is 1. The van der Waals surface area contributed by atoms with E-state index in [1.165, 1.54) is 17.0 Å². The Hall–Kier alpha value is -3.77. The van der Waals surface area contributed by atoms with Gasteiger partial charge < -0.3 is 5.11 Å². The highest BCUT2D eigenvalue weighted by atomic mass is 35.5. The summed E-state index contributed by atoms with van der Waals surface area (Å²) in [6, 6.07) is 17.9. The van der Waals surface area contributed by atoms with Crippen molar-refractivity contribution in [1.29, 1.82) is 0 Å². The molecule has 1 aromatic heterocycles. The van der Waals surface area contributed by atoms with Crippen molar-refractivity contribution in [2.75, 3.05) is 4.90 Å². The van der Waals surface area contributed by atoms with Gasteiger partial charge in [-0.25, -0.2) is 4.79 Å². The lowest BCUT2D eigenvalue weighted by molar-refractivity contribution is -0.120. The second kappa shape index (κ2) is 8.88. The van der Waals surface area contributed by atoms with E-state index in [0.717, 1.165) is 11.1 Å². The van der Waals surface area contributed by atoms with Crippen molar-refractivity contribution in [3.8, 4) is 0 Å². The summed E-state index contributed by atoms with van der Waals surface area (Å²) in [6.45, 7) is 0. The molecular weight excluding hydrogens is 452 g/mol. The molecule has 0 fully saturated rings. The molecule has 1 aliphatic heterocycles. The Morgan fingerprint density at radius 2 is 1.74 bits per heavy atom. The number of anilines is 1. The first kappa shape index (κ1) is 22.0. The van der Waals surface area contributed by atoms with Crippen molar-refractivity contribution in [1.82, 2.24) is 4.98 Å². The topological polar surface area (TPSA) is 87.6 Å². The van der Waals surface area contributed by atoms with E-state index in [9.17, 15) is 19.5 Å². The first-order valence-electron chi connectivity index (χ1n) is 11.0. The van der Waals surface area contributed by atoms with Crippen molar-refractivity contribution >= 4 is 34.9 Å². The van der Waals surface area contributed by atoms with Gasteiger partial charge in [-0.3, -0.25) is 19.5 Å². The van der Waals surface area contributed by atoms with Crippen LogP contribution in [0.3, 0.4) is 0 Å². The predicted molar refractivity (Wildman–Crippen MR) is 128 cm³/mol. The lowest BCUT2D eigenvalue weighted by Crippen LogP contribution is -2.42. The maximum Gasteiger partial charge on any atom is 0.337 e. The second-order valence-electron chi connectivity index (χ2n) is 8.54. The summed E-state index contributed by atoms with van der Waals surface area (Å²) in [6.07, 6.45) is 4.28. The Morgan fingerprint density at radius 1 is 0.971 bits per heavy atom. The number of Topliss-reactive ketones (excluding diaryl/α,β-unsaturated/α-hetero) is 1. The van der Waals surface area contributed by atoms with Gasteiger partial charge in [0, 0.05) is 48.1 Å². The molecule has 34 heavy (non-hydrogen) atoms. The minimum absolute atomic E-state index is 0.00567. The quantitative estimate of drug-likeness (QED) is 0.552. The third-order valence-corrected chi connectivity index (χ3v) is 6.86. The molecule has 3 aromatic rings. The van der Waals surface area contributed by atoms with Crippen LogP contribution in [0.2, 0.25) is 5.02 Å². The van der Waals surface area contributed by atoms with Gasteiger partial charge in [0.2, 0.25) is 5.91 Å². The molecule has 0 bridgehead atoms. The summed E-state index contributed by atoms with van der Waals surface area (Å²) in [5.74, 6) is -1.85. The van der Waals surface area contributed by atoms with Gasteiger partial charge in [-0.1, -0.05) is 48.0 Å². The van der Waals surface area contributed by atoms with Gasteiger partial charge in [-0.2, -0.15) is 0 Å². The van der Waals surface area contributed by atoms with E-state index in [-0.39, 0.29) is 40.5 Å². The van der Waals surface area contributed by atoms with E-state index in [1.807, 2.05) is 36.4 Å². The van der Waals surface area contributed by atoms with Crippen molar-refractivity contribution in [2.45, 2.75) is 31.1 Å². The summed E-state index contributed by atoms with van der Waals surface area (Å²) in [4.78, 5) is 44.5. The molecule has 2 heterocycles. The monoisotopic (exact) mass is 472 g/mol. The molecule has 2 aromatic carbocycles. The minimum Gasteiger partial charge on any atom is -0.478 e. The van der Waals surface area contributed by atoms with Gasteiger partial charge in [0.25, 0.3) is 0 Å². The molecule has 5 rings (SSSR count). The SMILES string of the molecule is O=C1CC(c2ccccc2)CC2=C1C(c1cccnc1)CC(=O)N2c1ccc(Cl)c(C(=O)O)c1. The van der Waals surface area contributed by atoms with E-state index in [2.05, 4.69) is 4.98 Å². The Morgan fingerprint density at radius 3 is 2.44 bits per heavy atom. The lowest BCUT2D eigenvalue weighted by atomic mass is 9.73. The summed E-state index contributed by atoms with van der Waals surface area (Å²) in [5, 5.41) is 9.64. The molecule has 1 N–H and O–H groups in total. The van der Waals surface area contributed by atoms with Crippen LogP contribution in [-0.2, 0) is 9.59 Å². The number of hydrogen-bond acceptors (Lipinski definition) is 4. The van der Waals surface area contributed by atoms with Crippen LogP contribution in [0.15, 0.2) is 84.3 Å². The van der Waals surface area contributed by atoms with Gasteiger partial charge in [-0.15, -0.1) is 0 Å². The molecule has 2 aliphatic rings. The van der Waals surface area contributed by atoms with Crippen molar-refractivity contribution in [3.05, 3.63) is 106 Å². The summed E-state index contributed by atoms with van der Waals surface area (Å²) in [7, 11) is 0.